The summed E-state index contributed by atoms with van der Waals surface area (Å²) in [6.45, 7) is 2.08. The lowest BCUT2D eigenvalue weighted by atomic mass is 10.0. The molecule has 1 unspecified atom stereocenters. The summed E-state index contributed by atoms with van der Waals surface area (Å²) < 4.78 is 10.6. The quantitative estimate of drug-likeness (QED) is 0.846. The Morgan fingerprint density at radius 1 is 1.15 bits per heavy atom. The van der Waals surface area contributed by atoms with E-state index in [1.165, 1.54) is 19.3 Å². The van der Waals surface area contributed by atoms with E-state index in [1.807, 2.05) is 18.2 Å². The van der Waals surface area contributed by atoms with E-state index in [1.54, 1.807) is 14.2 Å². The molecule has 0 radical (unpaired) electrons. The highest BCUT2D eigenvalue weighted by Crippen LogP contribution is 2.33. The molecule has 2 rings (SSSR count). The van der Waals surface area contributed by atoms with Crippen LogP contribution in [0, 0.1) is 0 Å². The van der Waals surface area contributed by atoms with E-state index in [0.29, 0.717) is 10.7 Å². The summed E-state index contributed by atoms with van der Waals surface area (Å²) in [4.78, 5) is 2.87. The van der Waals surface area contributed by atoms with Gasteiger partial charge in [-0.3, -0.25) is 4.90 Å². The maximum absolute atomic E-state index is 5.98. The van der Waals surface area contributed by atoms with Crippen LogP contribution in [0.3, 0.4) is 0 Å². The van der Waals surface area contributed by atoms with Crippen molar-refractivity contribution in [2.45, 2.75) is 25.3 Å². The maximum Gasteiger partial charge on any atom is 0.161 e. The number of ether oxygens (including phenoxy) is 2. The Morgan fingerprint density at radius 3 is 2.35 bits per heavy atom. The third-order valence-electron chi connectivity index (χ3n) is 3.75. The van der Waals surface area contributed by atoms with Crippen molar-refractivity contribution in [1.29, 1.82) is 0 Å². The van der Waals surface area contributed by atoms with Crippen LogP contribution in [-0.4, -0.2) is 37.2 Å². The molecule has 0 aromatic heterocycles. The molecule has 1 aliphatic rings. The Labute approximate surface area is 125 Å². The van der Waals surface area contributed by atoms with E-state index in [0.717, 1.165) is 24.4 Å². The van der Waals surface area contributed by atoms with Crippen LogP contribution in [0.15, 0.2) is 18.2 Å². The predicted octanol–water partition coefficient (Wildman–Crippen LogP) is 2.52. The van der Waals surface area contributed by atoms with Gasteiger partial charge >= 0.3 is 0 Å². The van der Waals surface area contributed by atoms with Gasteiger partial charge in [0, 0.05) is 0 Å². The number of nitrogens with two attached hydrogens (primary N) is 1. The minimum Gasteiger partial charge on any atom is -0.493 e. The molecule has 1 aromatic carbocycles. The Morgan fingerprint density at radius 2 is 1.80 bits per heavy atom. The van der Waals surface area contributed by atoms with Crippen molar-refractivity contribution in [1.82, 2.24) is 4.90 Å². The van der Waals surface area contributed by atoms with Gasteiger partial charge in [-0.05, 0) is 43.6 Å². The van der Waals surface area contributed by atoms with Gasteiger partial charge < -0.3 is 15.2 Å². The Bertz CT molecular complexity index is 473. The number of benzene rings is 1. The van der Waals surface area contributed by atoms with Crippen LogP contribution < -0.4 is 15.2 Å². The Hall–Kier alpha value is -1.33. The molecule has 0 saturated carbocycles. The van der Waals surface area contributed by atoms with Gasteiger partial charge in [0.1, 0.15) is 0 Å². The first-order chi connectivity index (χ1) is 9.67. The Balaban J connectivity index is 2.31. The summed E-state index contributed by atoms with van der Waals surface area (Å²) in [5.41, 5.74) is 7.05. The SMILES string of the molecule is COc1ccc(C(C(N)=S)N2CCCCC2)cc1OC. The largest absolute Gasteiger partial charge is 0.493 e. The number of hydrogen-bond acceptors (Lipinski definition) is 4. The van der Waals surface area contributed by atoms with Gasteiger partial charge in [0.15, 0.2) is 11.5 Å². The standard InChI is InChI=1S/C15H22N2O2S/c1-18-12-7-6-11(10-13(12)19-2)14(15(16)20)17-8-4-3-5-9-17/h6-7,10,14H,3-5,8-9H2,1-2H3,(H2,16,20). The van der Waals surface area contributed by atoms with Crippen molar-refractivity contribution in [2.75, 3.05) is 27.3 Å². The summed E-state index contributed by atoms with van der Waals surface area (Å²) in [5.74, 6) is 1.43. The van der Waals surface area contributed by atoms with Crippen molar-refractivity contribution in [3.8, 4) is 11.5 Å². The zero-order chi connectivity index (χ0) is 14.5. The average Bonchev–Trinajstić information content (AvgIpc) is 2.48. The van der Waals surface area contributed by atoms with E-state index in [-0.39, 0.29) is 6.04 Å². The van der Waals surface area contributed by atoms with Crippen LogP contribution in [0.2, 0.25) is 0 Å². The smallest absolute Gasteiger partial charge is 0.161 e. The maximum atomic E-state index is 5.98. The number of nitrogens with zero attached hydrogens (tertiary/aromatic N) is 1. The van der Waals surface area contributed by atoms with Crippen molar-refractivity contribution in [3.63, 3.8) is 0 Å². The van der Waals surface area contributed by atoms with Crippen molar-refractivity contribution < 1.29 is 9.47 Å². The third-order valence-corrected chi connectivity index (χ3v) is 3.97. The molecule has 1 saturated heterocycles. The molecule has 20 heavy (non-hydrogen) atoms. The van der Waals surface area contributed by atoms with Gasteiger partial charge in [-0.25, -0.2) is 0 Å². The van der Waals surface area contributed by atoms with Gasteiger partial charge in [0.2, 0.25) is 0 Å². The topological polar surface area (TPSA) is 47.7 Å². The summed E-state index contributed by atoms with van der Waals surface area (Å²) in [7, 11) is 3.27. The molecule has 0 spiro atoms. The average molecular weight is 294 g/mol. The van der Waals surface area contributed by atoms with E-state index in [4.69, 9.17) is 27.4 Å². The van der Waals surface area contributed by atoms with Crippen molar-refractivity contribution in [3.05, 3.63) is 23.8 Å². The monoisotopic (exact) mass is 294 g/mol. The first-order valence-corrected chi connectivity index (χ1v) is 7.33. The van der Waals surface area contributed by atoms with Crippen molar-refractivity contribution in [2.24, 2.45) is 5.73 Å². The first-order valence-electron chi connectivity index (χ1n) is 6.92. The van der Waals surface area contributed by atoms with E-state index in [2.05, 4.69) is 4.90 Å². The van der Waals surface area contributed by atoms with Crippen LogP contribution in [0.25, 0.3) is 0 Å². The van der Waals surface area contributed by atoms with Crippen LogP contribution in [0.4, 0.5) is 0 Å². The fourth-order valence-electron chi connectivity index (χ4n) is 2.75. The summed E-state index contributed by atoms with van der Waals surface area (Å²) in [5, 5.41) is 0. The van der Waals surface area contributed by atoms with E-state index < -0.39 is 0 Å². The van der Waals surface area contributed by atoms with E-state index in [9.17, 15) is 0 Å². The summed E-state index contributed by atoms with van der Waals surface area (Å²) in [6.07, 6.45) is 3.69. The van der Waals surface area contributed by atoms with Crippen LogP contribution in [0.5, 0.6) is 11.5 Å². The molecule has 1 heterocycles. The predicted molar refractivity (Wildman–Crippen MR) is 84.5 cm³/mol. The molecule has 1 aliphatic heterocycles. The normalized spacial score (nSPS) is 17.5. The molecule has 0 bridgehead atoms. The number of likely N-dealkylation sites (tertiary alicyclic amines) is 1. The summed E-state index contributed by atoms with van der Waals surface area (Å²) >= 11 is 5.28. The zero-order valence-electron chi connectivity index (χ0n) is 12.1. The van der Waals surface area contributed by atoms with E-state index >= 15 is 0 Å². The lowest BCUT2D eigenvalue weighted by molar-refractivity contribution is 0.203. The molecule has 110 valence electrons. The zero-order valence-corrected chi connectivity index (χ0v) is 12.9. The summed E-state index contributed by atoms with van der Waals surface area (Å²) in [6, 6.07) is 5.87. The molecule has 5 heteroatoms. The van der Waals surface area contributed by atoms with Crippen LogP contribution in [0.1, 0.15) is 30.9 Å². The van der Waals surface area contributed by atoms with Gasteiger partial charge in [-0.2, -0.15) is 0 Å². The second kappa shape index (κ2) is 6.90. The number of thiocarbonyl (C=S) groups is 1. The highest BCUT2D eigenvalue weighted by Gasteiger charge is 2.25. The molecule has 0 aliphatic carbocycles. The third kappa shape index (κ3) is 3.22. The Kier molecular flexibility index (Phi) is 5.20. The second-order valence-corrected chi connectivity index (χ2v) is 5.49. The van der Waals surface area contributed by atoms with Crippen LogP contribution >= 0.6 is 12.2 Å². The number of piperidine rings is 1. The first kappa shape index (κ1) is 15.1. The van der Waals surface area contributed by atoms with Crippen LogP contribution in [-0.2, 0) is 0 Å². The van der Waals surface area contributed by atoms with Gasteiger partial charge in [0.25, 0.3) is 0 Å². The molecule has 1 aromatic rings. The number of methoxy groups -OCH3 is 2. The molecule has 0 amide bonds. The molecule has 2 N–H and O–H groups in total. The van der Waals surface area contributed by atoms with Crippen molar-refractivity contribution >= 4 is 17.2 Å². The minimum absolute atomic E-state index is 0.0230. The van der Waals surface area contributed by atoms with Gasteiger partial charge in [0.05, 0.1) is 25.2 Å². The molecule has 4 nitrogen and oxygen atoms in total. The highest BCUT2D eigenvalue weighted by atomic mass is 32.1. The van der Waals surface area contributed by atoms with Gasteiger partial charge in [-0.15, -0.1) is 0 Å². The molecular weight excluding hydrogens is 272 g/mol. The lowest BCUT2D eigenvalue weighted by Crippen LogP contribution is -2.40. The fourth-order valence-corrected chi connectivity index (χ4v) is 3.04. The minimum atomic E-state index is -0.0230. The highest BCUT2D eigenvalue weighted by molar-refractivity contribution is 7.80. The number of rotatable bonds is 5. The van der Waals surface area contributed by atoms with Gasteiger partial charge in [-0.1, -0.05) is 24.7 Å². The number of hydrogen-bond donors (Lipinski definition) is 1. The molecule has 1 atom stereocenters. The molecule has 1 fully saturated rings. The fraction of sp³-hybridized carbons (Fsp3) is 0.533. The lowest BCUT2D eigenvalue weighted by Gasteiger charge is -2.34. The molecular formula is C15H22N2O2S. The second-order valence-electron chi connectivity index (χ2n) is 5.02.